The summed E-state index contributed by atoms with van der Waals surface area (Å²) in [5.41, 5.74) is -2.28. The van der Waals surface area contributed by atoms with Gasteiger partial charge >= 0.3 is 24.2 Å². The topological polar surface area (TPSA) is 173 Å². The van der Waals surface area contributed by atoms with Crippen molar-refractivity contribution in [2.24, 2.45) is 0 Å². The largest absolute Gasteiger partial charge is 0.480 e. The molecule has 0 aromatic carbocycles. The van der Waals surface area contributed by atoms with Gasteiger partial charge in [0.1, 0.15) is 22.8 Å². The summed E-state index contributed by atoms with van der Waals surface area (Å²) in [6.07, 6.45) is -2.85. The van der Waals surface area contributed by atoms with Crippen molar-refractivity contribution in [3.63, 3.8) is 0 Å². The molecule has 0 radical (unpaired) electrons. The van der Waals surface area contributed by atoms with Crippen LogP contribution in [0.3, 0.4) is 0 Å². The zero-order chi connectivity index (χ0) is 28.3. The maximum absolute atomic E-state index is 12.8. The van der Waals surface area contributed by atoms with Crippen LogP contribution in [0.25, 0.3) is 0 Å². The Bertz CT molecular complexity index is 780. The summed E-state index contributed by atoms with van der Waals surface area (Å²) in [5.74, 6) is -1.85. The van der Waals surface area contributed by atoms with E-state index in [-0.39, 0.29) is 32.6 Å². The maximum atomic E-state index is 12.8. The fraction of sp³-hybridized carbons (Fsp3) is 0.783. The molecule has 0 aliphatic heterocycles. The first-order chi connectivity index (χ1) is 16.2. The Kier molecular flexibility index (Phi) is 12.5. The number of nitrogens with one attached hydrogen (secondary N) is 3. The average Bonchev–Trinajstić information content (AvgIpc) is 2.62. The molecule has 0 saturated carbocycles. The number of hydrogen-bond acceptors (Lipinski definition) is 8. The molecule has 0 unspecified atom stereocenters. The second-order valence-corrected chi connectivity index (χ2v) is 11.0. The van der Waals surface area contributed by atoms with Crippen LogP contribution in [0.4, 0.5) is 14.4 Å². The Balaban J connectivity index is 5.15. The summed E-state index contributed by atoms with van der Waals surface area (Å²) in [6.45, 7) is 14.8. The van der Waals surface area contributed by atoms with E-state index in [0.29, 0.717) is 0 Å². The Morgan fingerprint density at radius 3 is 1.64 bits per heavy atom. The summed E-state index contributed by atoms with van der Waals surface area (Å²) in [5, 5.41) is 16.6. The molecule has 0 rings (SSSR count). The molecule has 0 aromatic heterocycles. The van der Waals surface area contributed by atoms with E-state index in [2.05, 4.69) is 16.0 Å². The van der Waals surface area contributed by atoms with Gasteiger partial charge in [-0.2, -0.15) is 0 Å². The first-order valence-corrected chi connectivity index (χ1v) is 11.6. The number of hydrogen-bond donors (Lipinski definition) is 4. The Morgan fingerprint density at radius 1 is 0.750 bits per heavy atom. The Labute approximate surface area is 212 Å². The van der Waals surface area contributed by atoms with Crippen LogP contribution < -0.4 is 16.0 Å². The van der Waals surface area contributed by atoms with E-state index in [0.717, 1.165) is 0 Å². The molecule has 0 bridgehead atoms. The molecule has 0 aliphatic carbocycles. The van der Waals surface area contributed by atoms with Crippen molar-refractivity contribution in [2.75, 3.05) is 19.8 Å². The molecule has 208 valence electrons. The van der Waals surface area contributed by atoms with Gasteiger partial charge in [0.25, 0.3) is 0 Å². The van der Waals surface area contributed by atoms with Gasteiger partial charge in [0.2, 0.25) is 5.91 Å². The van der Waals surface area contributed by atoms with E-state index >= 15 is 0 Å². The Morgan fingerprint density at radius 2 is 1.19 bits per heavy atom. The van der Waals surface area contributed by atoms with Crippen LogP contribution >= 0.6 is 0 Å². The van der Waals surface area contributed by atoms with Crippen LogP contribution in [-0.2, 0) is 23.8 Å². The van der Waals surface area contributed by atoms with E-state index in [1.165, 1.54) is 4.90 Å². The molecule has 36 heavy (non-hydrogen) atoms. The van der Waals surface area contributed by atoms with Gasteiger partial charge in [-0.15, -0.1) is 0 Å². The van der Waals surface area contributed by atoms with Crippen LogP contribution in [0.15, 0.2) is 0 Å². The van der Waals surface area contributed by atoms with E-state index in [4.69, 9.17) is 14.2 Å². The molecular weight excluding hydrogens is 476 g/mol. The molecule has 0 fully saturated rings. The summed E-state index contributed by atoms with van der Waals surface area (Å²) < 4.78 is 15.4. The molecule has 0 aliphatic rings. The van der Waals surface area contributed by atoms with Crippen LogP contribution in [0.2, 0.25) is 0 Å². The predicted molar refractivity (Wildman–Crippen MR) is 130 cm³/mol. The highest BCUT2D eigenvalue weighted by atomic mass is 16.6. The van der Waals surface area contributed by atoms with Crippen LogP contribution in [0.1, 0.15) is 75.2 Å². The fourth-order valence-corrected chi connectivity index (χ4v) is 2.51. The molecule has 4 amide bonds. The van der Waals surface area contributed by atoms with Gasteiger partial charge in [-0.1, -0.05) is 0 Å². The van der Waals surface area contributed by atoms with Crippen LogP contribution in [0.5, 0.6) is 0 Å². The van der Waals surface area contributed by atoms with Crippen LogP contribution in [0, 0.1) is 0 Å². The molecule has 13 heteroatoms. The molecule has 0 spiro atoms. The number of alkyl carbamates (subject to hydrolysis) is 3. The first-order valence-electron chi connectivity index (χ1n) is 11.6. The Hall–Kier alpha value is -3.25. The molecule has 0 saturated heterocycles. The third-order valence-corrected chi connectivity index (χ3v) is 3.85. The molecule has 1 atom stereocenters. The molecule has 0 heterocycles. The lowest BCUT2D eigenvalue weighted by atomic mass is 10.1. The third kappa shape index (κ3) is 17.2. The zero-order valence-electron chi connectivity index (χ0n) is 22.8. The minimum atomic E-state index is -1.37. The highest BCUT2D eigenvalue weighted by Crippen LogP contribution is 2.10. The highest BCUT2D eigenvalue weighted by molar-refractivity contribution is 5.82. The van der Waals surface area contributed by atoms with Crippen molar-refractivity contribution < 1.29 is 43.3 Å². The highest BCUT2D eigenvalue weighted by Gasteiger charge is 2.26. The number of amides is 4. The quantitative estimate of drug-likeness (QED) is 0.250. The molecular formula is C23H42N4O9. The number of carboxylic acid groups (broad SMARTS) is 1. The first kappa shape index (κ1) is 32.8. The van der Waals surface area contributed by atoms with Crippen molar-refractivity contribution in [3.8, 4) is 0 Å². The van der Waals surface area contributed by atoms with Gasteiger partial charge in [0.15, 0.2) is 0 Å². The normalized spacial score (nSPS) is 12.6. The summed E-state index contributed by atoms with van der Waals surface area (Å²) in [7, 11) is 0. The van der Waals surface area contributed by atoms with Gasteiger partial charge in [-0.05, 0) is 68.7 Å². The number of carbonyl (C=O) groups is 5. The van der Waals surface area contributed by atoms with Gasteiger partial charge in [0, 0.05) is 19.5 Å². The molecule has 13 nitrogen and oxygen atoms in total. The number of carbonyl (C=O) groups excluding carboxylic acids is 4. The third-order valence-electron chi connectivity index (χ3n) is 3.85. The molecule has 0 aromatic rings. The number of carboxylic acids is 1. The summed E-state index contributed by atoms with van der Waals surface area (Å²) in [6, 6.07) is -1.37. The lowest BCUT2D eigenvalue weighted by Gasteiger charge is -2.26. The van der Waals surface area contributed by atoms with Gasteiger partial charge < -0.3 is 40.2 Å². The number of nitrogens with zero attached hydrogens (tertiary/aromatic N) is 1. The maximum Gasteiger partial charge on any atom is 0.409 e. The monoisotopic (exact) mass is 518 g/mol. The minimum Gasteiger partial charge on any atom is -0.480 e. The van der Waals surface area contributed by atoms with Crippen molar-refractivity contribution in [1.82, 2.24) is 20.9 Å². The predicted octanol–water partition coefficient (Wildman–Crippen LogP) is 2.58. The van der Waals surface area contributed by atoms with Gasteiger partial charge in [-0.25, -0.2) is 19.2 Å². The second-order valence-electron chi connectivity index (χ2n) is 11.0. The van der Waals surface area contributed by atoms with Gasteiger partial charge in [0.05, 0.1) is 6.67 Å². The summed E-state index contributed by atoms with van der Waals surface area (Å²) in [4.78, 5) is 61.5. The average molecular weight is 519 g/mol. The lowest BCUT2D eigenvalue weighted by Crippen LogP contribution is -2.47. The SMILES string of the molecule is CC(C)(C)OC(=O)NCCN(CNC(=O)OC(C)(C)C)C(=O)CC[C@H](NC(=O)OC(C)(C)C)C(=O)O. The van der Waals surface area contributed by atoms with Crippen molar-refractivity contribution >= 4 is 30.2 Å². The van der Waals surface area contributed by atoms with Crippen molar-refractivity contribution in [1.29, 1.82) is 0 Å². The minimum absolute atomic E-state index is 0.00882. The smallest absolute Gasteiger partial charge is 0.409 e. The molecule has 4 N–H and O–H groups in total. The van der Waals surface area contributed by atoms with E-state index in [1.54, 1.807) is 62.3 Å². The fourth-order valence-electron chi connectivity index (χ4n) is 2.51. The lowest BCUT2D eigenvalue weighted by molar-refractivity contribution is -0.140. The zero-order valence-corrected chi connectivity index (χ0v) is 22.8. The summed E-state index contributed by atoms with van der Waals surface area (Å²) >= 11 is 0. The number of ether oxygens (including phenoxy) is 3. The van der Waals surface area contributed by atoms with E-state index in [1.807, 2.05) is 0 Å². The van der Waals surface area contributed by atoms with Crippen molar-refractivity contribution in [3.05, 3.63) is 0 Å². The van der Waals surface area contributed by atoms with E-state index < -0.39 is 53.0 Å². The van der Waals surface area contributed by atoms with Crippen molar-refractivity contribution in [2.45, 2.75) is 98.0 Å². The van der Waals surface area contributed by atoms with E-state index in [9.17, 15) is 29.1 Å². The standard InChI is InChI=1S/C23H42N4O9/c1-21(2,3)34-18(31)24-12-13-27(14-25-19(32)35-22(4,5)6)16(28)11-10-15(17(29)30)26-20(33)36-23(7,8)9/h15H,10-14H2,1-9H3,(H,24,31)(H,25,32)(H,26,33)(H,29,30)/t15-/m0/s1. The second kappa shape index (κ2) is 13.7. The van der Waals surface area contributed by atoms with Gasteiger partial charge in [-0.3, -0.25) is 4.79 Å². The number of aliphatic carboxylic acids is 1. The van der Waals surface area contributed by atoms with Crippen LogP contribution in [-0.4, -0.2) is 82.8 Å². The number of rotatable bonds is 10.